The van der Waals surface area contributed by atoms with Crippen molar-refractivity contribution in [3.63, 3.8) is 0 Å². The predicted octanol–water partition coefficient (Wildman–Crippen LogP) is 1.50. The Kier molecular flexibility index (Phi) is 3.44. The van der Waals surface area contributed by atoms with Gasteiger partial charge in [-0.05, 0) is 38.4 Å². The number of benzene rings is 1. The smallest absolute Gasteiger partial charge is 0.237 e. The average molecular weight is 272 g/mol. The van der Waals surface area contributed by atoms with E-state index in [0.717, 1.165) is 36.2 Å². The van der Waals surface area contributed by atoms with Crippen LogP contribution in [0, 0.1) is 0 Å². The summed E-state index contributed by atoms with van der Waals surface area (Å²) >= 11 is 0. The van der Waals surface area contributed by atoms with Gasteiger partial charge in [-0.1, -0.05) is 12.1 Å². The van der Waals surface area contributed by atoms with Crippen molar-refractivity contribution in [2.24, 2.45) is 7.05 Å². The molecule has 1 aliphatic rings. The molecule has 106 valence electrons. The van der Waals surface area contributed by atoms with Gasteiger partial charge < -0.3 is 15.2 Å². The molecule has 1 amide bonds. The van der Waals surface area contributed by atoms with Crippen molar-refractivity contribution in [1.82, 2.24) is 20.2 Å². The van der Waals surface area contributed by atoms with E-state index >= 15 is 0 Å². The van der Waals surface area contributed by atoms with Gasteiger partial charge in [0.15, 0.2) is 0 Å². The molecule has 2 atom stereocenters. The van der Waals surface area contributed by atoms with Crippen molar-refractivity contribution in [2.45, 2.75) is 31.8 Å². The first-order valence-electron chi connectivity index (χ1n) is 7.12. The number of nitrogens with zero attached hydrogens (tertiary/aromatic N) is 2. The summed E-state index contributed by atoms with van der Waals surface area (Å²) in [6, 6.07) is 7.86. The summed E-state index contributed by atoms with van der Waals surface area (Å²) < 4.78 is 2.04. The first-order chi connectivity index (χ1) is 9.66. The molecular formula is C15H20N4O. The van der Waals surface area contributed by atoms with Crippen LogP contribution in [-0.2, 0) is 11.8 Å². The van der Waals surface area contributed by atoms with Gasteiger partial charge in [0.05, 0.1) is 23.1 Å². The van der Waals surface area contributed by atoms with Crippen LogP contribution in [-0.4, -0.2) is 28.0 Å². The number of fused-ring (bicyclic) bond motifs is 1. The fourth-order valence-electron chi connectivity index (χ4n) is 2.84. The van der Waals surface area contributed by atoms with Gasteiger partial charge in [-0.3, -0.25) is 4.79 Å². The number of amides is 1. The van der Waals surface area contributed by atoms with Crippen LogP contribution in [0.15, 0.2) is 24.3 Å². The molecular weight excluding hydrogens is 252 g/mol. The number of hydrogen-bond donors (Lipinski definition) is 2. The minimum atomic E-state index is -0.0951. The number of aryl methyl sites for hydroxylation is 1. The van der Waals surface area contributed by atoms with Crippen LogP contribution < -0.4 is 10.6 Å². The van der Waals surface area contributed by atoms with E-state index in [1.54, 1.807) is 0 Å². The number of imidazole rings is 1. The highest BCUT2D eigenvalue weighted by atomic mass is 16.2. The van der Waals surface area contributed by atoms with Gasteiger partial charge in [-0.2, -0.15) is 0 Å². The summed E-state index contributed by atoms with van der Waals surface area (Å²) in [5.74, 6) is 0.958. The Morgan fingerprint density at radius 2 is 2.30 bits per heavy atom. The maximum atomic E-state index is 12.1. The van der Waals surface area contributed by atoms with E-state index in [9.17, 15) is 4.79 Å². The molecule has 0 aliphatic carbocycles. The maximum absolute atomic E-state index is 12.1. The topological polar surface area (TPSA) is 59.0 Å². The van der Waals surface area contributed by atoms with Crippen LogP contribution in [0.5, 0.6) is 0 Å². The lowest BCUT2D eigenvalue weighted by Gasteiger charge is -2.17. The van der Waals surface area contributed by atoms with Gasteiger partial charge in [-0.15, -0.1) is 0 Å². The second-order valence-electron chi connectivity index (χ2n) is 5.40. The van der Waals surface area contributed by atoms with Crippen LogP contribution in [0.2, 0.25) is 0 Å². The van der Waals surface area contributed by atoms with E-state index in [4.69, 9.17) is 0 Å². The molecule has 1 fully saturated rings. The van der Waals surface area contributed by atoms with Crippen LogP contribution in [0.25, 0.3) is 11.0 Å². The molecule has 0 bridgehead atoms. The lowest BCUT2D eigenvalue weighted by atomic mass is 10.2. The third kappa shape index (κ3) is 2.29. The van der Waals surface area contributed by atoms with Gasteiger partial charge in [0.2, 0.25) is 5.91 Å². The minimum Gasteiger partial charge on any atom is -0.345 e. The molecule has 2 unspecified atom stereocenters. The molecule has 1 aromatic carbocycles. The third-order valence-electron chi connectivity index (χ3n) is 3.94. The Morgan fingerprint density at radius 3 is 3.00 bits per heavy atom. The Balaban J connectivity index is 1.79. The molecule has 5 heteroatoms. The van der Waals surface area contributed by atoms with Crippen LogP contribution in [0.3, 0.4) is 0 Å². The Hall–Kier alpha value is -1.88. The van der Waals surface area contributed by atoms with Crippen molar-refractivity contribution < 1.29 is 4.79 Å². The zero-order valence-electron chi connectivity index (χ0n) is 11.9. The van der Waals surface area contributed by atoms with Crippen molar-refractivity contribution in [1.29, 1.82) is 0 Å². The first-order valence-corrected chi connectivity index (χ1v) is 7.12. The van der Waals surface area contributed by atoms with Crippen molar-refractivity contribution in [3.05, 3.63) is 30.1 Å². The predicted molar refractivity (Wildman–Crippen MR) is 78.3 cm³/mol. The molecule has 2 aromatic rings. The van der Waals surface area contributed by atoms with Crippen LogP contribution in [0.1, 0.15) is 31.6 Å². The van der Waals surface area contributed by atoms with E-state index in [-0.39, 0.29) is 18.0 Å². The highest BCUT2D eigenvalue weighted by molar-refractivity contribution is 5.82. The summed E-state index contributed by atoms with van der Waals surface area (Å²) in [5.41, 5.74) is 2.05. The monoisotopic (exact) mass is 272 g/mol. The summed E-state index contributed by atoms with van der Waals surface area (Å²) in [6.45, 7) is 2.91. The highest BCUT2D eigenvalue weighted by Crippen LogP contribution is 2.19. The van der Waals surface area contributed by atoms with Crippen molar-refractivity contribution in [3.8, 4) is 0 Å². The van der Waals surface area contributed by atoms with Gasteiger partial charge in [0.1, 0.15) is 5.82 Å². The minimum absolute atomic E-state index is 0.0489. The number of nitrogens with one attached hydrogen (secondary N) is 2. The SMILES string of the molecule is CC(NC(=O)C1CCCN1)c1nc2ccccc2n1C. The van der Waals surface area contributed by atoms with E-state index in [2.05, 4.69) is 15.6 Å². The van der Waals surface area contributed by atoms with Crippen LogP contribution >= 0.6 is 0 Å². The number of carbonyl (C=O) groups is 1. The Bertz CT molecular complexity index is 628. The van der Waals surface area contributed by atoms with Gasteiger partial charge in [0.25, 0.3) is 0 Å². The second-order valence-corrected chi connectivity index (χ2v) is 5.40. The molecule has 0 saturated carbocycles. The molecule has 20 heavy (non-hydrogen) atoms. The van der Waals surface area contributed by atoms with E-state index in [1.807, 2.05) is 42.8 Å². The normalized spacial score (nSPS) is 20.2. The number of hydrogen-bond acceptors (Lipinski definition) is 3. The molecule has 3 rings (SSSR count). The highest BCUT2D eigenvalue weighted by Gasteiger charge is 2.24. The van der Waals surface area contributed by atoms with Crippen molar-refractivity contribution >= 4 is 16.9 Å². The van der Waals surface area contributed by atoms with Crippen molar-refractivity contribution in [2.75, 3.05) is 6.54 Å². The maximum Gasteiger partial charge on any atom is 0.237 e. The molecule has 5 nitrogen and oxygen atoms in total. The zero-order chi connectivity index (χ0) is 14.1. The first kappa shape index (κ1) is 13.1. The average Bonchev–Trinajstić information content (AvgIpc) is 3.07. The molecule has 2 heterocycles. The van der Waals surface area contributed by atoms with E-state index in [1.165, 1.54) is 0 Å². The summed E-state index contributed by atoms with van der Waals surface area (Å²) in [6.07, 6.45) is 1.99. The Morgan fingerprint density at radius 1 is 1.50 bits per heavy atom. The number of rotatable bonds is 3. The lowest BCUT2D eigenvalue weighted by Crippen LogP contribution is -2.41. The summed E-state index contributed by atoms with van der Waals surface area (Å²) in [4.78, 5) is 16.8. The van der Waals surface area contributed by atoms with Gasteiger partial charge >= 0.3 is 0 Å². The summed E-state index contributed by atoms with van der Waals surface area (Å²) in [5, 5.41) is 6.27. The van der Waals surface area contributed by atoms with Crippen LogP contribution in [0.4, 0.5) is 0 Å². The van der Waals surface area contributed by atoms with Gasteiger partial charge in [-0.25, -0.2) is 4.98 Å². The molecule has 1 aromatic heterocycles. The summed E-state index contributed by atoms with van der Waals surface area (Å²) in [7, 11) is 1.99. The molecule has 2 N–H and O–H groups in total. The van der Waals surface area contributed by atoms with Gasteiger partial charge in [0, 0.05) is 7.05 Å². The Labute approximate surface area is 118 Å². The molecule has 1 saturated heterocycles. The number of aromatic nitrogens is 2. The number of para-hydroxylation sites is 2. The largest absolute Gasteiger partial charge is 0.345 e. The number of carbonyl (C=O) groups excluding carboxylic acids is 1. The standard InChI is InChI=1S/C15H20N4O/c1-10(17-15(20)12-7-5-9-16-12)14-18-11-6-3-4-8-13(11)19(14)2/h3-4,6,8,10,12,16H,5,7,9H2,1-2H3,(H,17,20). The third-order valence-corrected chi connectivity index (χ3v) is 3.94. The molecule has 0 radical (unpaired) electrons. The lowest BCUT2D eigenvalue weighted by molar-refractivity contribution is -0.123. The second kappa shape index (κ2) is 5.25. The fourth-order valence-corrected chi connectivity index (χ4v) is 2.84. The molecule has 1 aliphatic heterocycles. The van der Waals surface area contributed by atoms with E-state index < -0.39 is 0 Å². The molecule has 0 spiro atoms. The van der Waals surface area contributed by atoms with E-state index in [0.29, 0.717) is 0 Å². The quantitative estimate of drug-likeness (QED) is 0.890. The zero-order valence-corrected chi connectivity index (χ0v) is 11.9. The fraction of sp³-hybridized carbons (Fsp3) is 0.467.